The number of benzene rings is 3. The second-order valence-corrected chi connectivity index (χ2v) is 9.12. The highest BCUT2D eigenvalue weighted by molar-refractivity contribution is 7.99. The van der Waals surface area contributed by atoms with E-state index in [4.69, 9.17) is 34.8 Å². The summed E-state index contributed by atoms with van der Waals surface area (Å²) in [5, 5.41) is 13.7. The molecular weight excluding hydrogens is 487 g/mol. The molecule has 162 valence electrons. The molecule has 0 saturated carbocycles. The molecule has 0 unspecified atom stereocenters. The first-order valence-corrected chi connectivity index (χ1v) is 11.7. The van der Waals surface area contributed by atoms with Crippen LogP contribution in [0.5, 0.6) is 0 Å². The molecule has 4 aromatic rings. The Balaban J connectivity index is 1.55. The van der Waals surface area contributed by atoms with Crippen LogP contribution in [0.15, 0.2) is 78.0 Å². The maximum absolute atomic E-state index is 12.5. The molecule has 5 nitrogen and oxygen atoms in total. The molecule has 0 aliphatic rings. The molecule has 0 aliphatic carbocycles. The predicted octanol–water partition coefficient (Wildman–Crippen LogP) is 6.55. The Labute approximate surface area is 204 Å². The number of nitrogens with one attached hydrogen (secondary N) is 1. The molecule has 1 N–H and O–H groups in total. The molecule has 32 heavy (non-hydrogen) atoms. The number of anilines is 1. The zero-order valence-electron chi connectivity index (χ0n) is 16.6. The molecular formula is C23H17Cl3N4OS. The van der Waals surface area contributed by atoms with E-state index < -0.39 is 0 Å². The Morgan fingerprint density at radius 1 is 0.875 bits per heavy atom. The maximum Gasteiger partial charge on any atom is 0.234 e. The summed E-state index contributed by atoms with van der Waals surface area (Å²) < 4.78 is 1.94. The SMILES string of the molecule is O=C(CSc1nnc(Cc2ccccc2)n1-c1ccc(Cl)cc1)Nc1cc(Cl)cc(Cl)c1. The van der Waals surface area contributed by atoms with Crippen LogP contribution in [0.1, 0.15) is 11.4 Å². The van der Waals surface area contributed by atoms with Crippen LogP contribution in [0.4, 0.5) is 5.69 Å². The van der Waals surface area contributed by atoms with Crippen molar-refractivity contribution in [2.45, 2.75) is 11.6 Å². The third-order valence-corrected chi connectivity index (χ3v) is 6.09. The molecule has 0 saturated heterocycles. The first-order valence-electron chi connectivity index (χ1n) is 9.61. The zero-order valence-corrected chi connectivity index (χ0v) is 19.7. The van der Waals surface area contributed by atoms with Crippen LogP contribution in [-0.2, 0) is 11.2 Å². The van der Waals surface area contributed by atoms with Crippen molar-refractivity contribution in [3.63, 3.8) is 0 Å². The van der Waals surface area contributed by atoms with Crippen molar-refractivity contribution in [2.24, 2.45) is 0 Å². The number of halogens is 3. The van der Waals surface area contributed by atoms with Gasteiger partial charge < -0.3 is 5.32 Å². The normalized spacial score (nSPS) is 10.8. The van der Waals surface area contributed by atoms with Crippen molar-refractivity contribution >= 4 is 58.2 Å². The zero-order chi connectivity index (χ0) is 22.5. The van der Waals surface area contributed by atoms with Crippen molar-refractivity contribution in [1.29, 1.82) is 0 Å². The van der Waals surface area contributed by atoms with Gasteiger partial charge in [0.05, 0.1) is 5.75 Å². The van der Waals surface area contributed by atoms with Crippen molar-refractivity contribution in [3.05, 3.63) is 99.3 Å². The number of nitrogens with zero attached hydrogens (tertiary/aromatic N) is 3. The third-order valence-electron chi connectivity index (χ3n) is 4.47. The maximum atomic E-state index is 12.5. The summed E-state index contributed by atoms with van der Waals surface area (Å²) in [4.78, 5) is 12.5. The van der Waals surface area contributed by atoms with E-state index in [0.717, 1.165) is 17.1 Å². The van der Waals surface area contributed by atoms with Crippen LogP contribution in [0.25, 0.3) is 5.69 Å². The van der Waals surface area contributed by atoms with Gasteiger partial charge in [-0.05, 0) is 48.0 Å². The van der Waals surface area contributed by atoms with Gasteiger partial charge in [0, 0.05) is 32.9 Å². The molecule has 1 aromatic heterocycles. The molecule has 4 rings (SSSR count). The lowest BCUT2D eigenvalue weighted by atomic mass is 10.1. The fourth-order valence-electron chi connectivity index (χ4n) is 3.09. The van der Waals surface area contributed by atoms with Gasteiger partial charge in [-0.15, -0.1) is 10.2 Å². The fourth-order valence-corrected chi connectivity index (χ4v) is 4.51. The van der Waals surface area contributed by atoms with Gasteiger partial charge in [-0.2, -0.15) is 0 Å². The van der Waals surface area contributed by atoms with E-state index in [9.17, 15) is 4.79 Å². The van der Waals surface area contributed by atoms with Gasteiger partial charge in [-0.25, -0.2) is 0 Å². The smallest absolute Gasteiger partial charge is 0.234 e. The third kappa shape index (κ3) is 5.84. The first-order chi connectivity index (χ1) is 15.5. The molecule has 3 aromatic carbocycles. The average molecular weight is 504 g/mol. The van der Waals surface area contributed by atoms with E-state index in [2.05, 4.69) is 15.5 Å². The van der Waals surface area contributed by atoms with Gasteiger partial charge in [0.15, 0.2) is 5.16 Å². The molecule has 0 spiro atoms. The van der Waals surface area contributed by atoms with Gasteiger partial charge >= 0.3 is 0 Å². The van der Waals surface area contributed by atoms with Crippen LogP contribution in [0.2, 0.25) is 15.1 Å². The fraction of sp³-hybridized carbons (Fsp3) is 0.0870. The van der Waals surface area contributed by atoms with Crippen molar-refractivity contribution in [2.75, 3.05) is 11.1 Å². The summed E-state index contributed by atoms with van der Waals surface area (Å²) in [6.07, 6.45) is 0.601. The summed E-state index contributed by atoms with van der Waals surface area (Å²) in [5.74, 6) is 0.702. The Bertz CT molecular complexity index is 1210. The topological polar surface area (TPSA) is 59.8 Å². The minimum Gasteiger partial charge on any atom is -0.325 e. The number of aromatic nitrogens is 3. The standard InChI is InChI=1S/C23H17Cl3N4OS/c24-16-6-8-20(9-7-16)30-21(10-15-4-2-1-3-5-15)28-29-23(30)32-14-22(31)27-19-12-17(25)11-18(26)13-19/h1-9,11-13H,10,14H2,(H,27,31). The number of rotatable bonds is 7. The number of hydrogen-bond donors (Lipinski definition) is 1. The number of carbonyl (C=O) groups is 1. The van der Waals surface area contributed by atoms with Gasteiger partial charge in [0.2, 0.25) is 5.91 Å². The van der Waals surface area contributed by atoms with Crippen molar-refractivity contribution in [1.82, 2.24) is 14.8 Å². The quantitative estimate of drug-likeness (QED) is 0.291. The van der Waals surface area contributed by atoms with Crippen LogP contribution in [-0.4, -0.2) is 26.4 Å². The number of hydrogen-bond acceptors (Lipinski definition) is 4. The highest BCUT2D eigenvalue weighted by atomic mass is 35.5. The Hall–Kier alpha value is -2.51. The average Bonchev–Trinajstić information content (AvgIpc) is 3.15. The summed E-state index contributed by atoms with van der Waals surface area (Å²) in [7, 11) is 0. The second-order valence-electron chi connectivity index (χ2n) is 6.87. The van der Waals surface area contributed by atoms with Crippen molar-refractivity contribution in [3.8, 4) is 5.69 Å². The van der Waals surface area contributed by atoms with Crippen LogP contribution < -0.4 is 5.32 Å². The van der Waals surface area contributed by atoms with E-state index in [0.29, 0.717) is 32.3 Å². The largest absolute Gasteiger partial charge is 0.325 e. The lowest BCUT2D eigenvalue weighted by Crippen LogP contribution is -2.14. The molecule has 0 atom stereocenters. The van der Waals surface area contributed by atoms with Crippen LogP contribution in [0.3, 0.4) is 0 Å². The van der Waals surface area contributed by atoms with E-state index in [1.54, 1.807) is 18.2 Å². The summed E-state index contributed by atoms with van der Waals surface area (Å²) in [6.45, 7) is 0. The Morgan fingerprint density at radius 2 is 1.56 bits per heavy atom. The second kappa shape index (κ2) is 10.4. The highest BCUT2D eigenvalue weighted by Gasteiger charge is 2.16. The van der Waals surface area contributed by atoms with Gasteiger partial charge in [-0.3, -0.25) is 9.36 Å². The van der Waals surface area contributed by atoms with Crippen molar-refractivity contribution < 1.29 is 4.79 Å². The molecule has 0 bridgehead atoms. The minimum atomic E-state index is -0.205. The summed E-state index contributed by atoms with van der Waals surface area (Å²) in [5.41, 5.74) is 2.52. The predicted molar refractivity (Wildman–Crippen MR) is 131 cm³/mol. The van der Waals surface area contributed by atoms with E-state index in [1.807, 2.05) is 59.2 Å². The Morgan fingerprint density at radius 3 is 2.25 bits per heavy atom. The number of carbonyl (C=O) groups excluding carboxylic acids is 1. The van der Waals surface area contributed by atoms with E-state index in [-0.39, 0.29) is 11.7 Å². The molecule has 0 radical (unpaired) electrons. The van der Waals surface area contributed by atoms with Crippen LogP contribution >= 0.6 is 46.6 Å². The van der Waals surface area contributed by atoms with Gasteiger partial charge in [0.25, 0.3) is 0 Å². The minimum absolute atomic E-state index is 0.140. The lowest BCUT2D eigenvalue weighted by molar-refractivity contribution is -0.113. The molecule has 1 amide bonds. The van der Waals surface area contributed by atoms with E-state index in [1.165, 1.54) is 11.8 Å². The highest BCUT2D eigenvalue weighted by Crippen LogP contribution is 2.26. The van der Waals surface area contributed by atoms with Gasteiger partial charge in [0.1, 0.15) is 5.82 Å². The summed E-state index contributed by atoms with van der Waals surface area (Å²) >= 11 is 19.4. The molecule has 9 heteroatoms. The van der Waals surface area contributed by atoms with E-state index >= 15 is 0 Å². The lowest BCUT2D eigenvalue weighted by Gasteiger charge is -2.11. The molecule has 1 heterocycles. The monoisotopic (exact) mass is 502 g/mol. The van der Waals surface area contributed by atoms with Gasteiger partial charge in [-0.1, -0.05) is 76.9 Å². The summed E-state index contributed by atoms with van der Waals surface area (Å²) in [6, 6.07) is 22.3. The van der Waals surface area contributed by atoms with Crippen LogP contribution in [0, 0.1) is 0 Å². The molecule has 0 aliphatic heterocycles. The Kier molecular flexibility index (Phi) is 7.37. The number of thioether (sulfide) groups is 1. The number of amides is 1. The first kappa shape index (κ1) is 22.7. The molecule has 0 fully saturated rings.